The predicted molar refractivity (Wildman–Crippen MR) is 137 cm³/mol. The molecule has 37 heavy (non-hydrogen) atoms. The zero-order valence-electron chi connectivity index (χ0n) is 19.7. The Balaban J connectivity index is 1.38. The smallest absolute Gasteiger partial charge is 0.245 e. The third-order valence-electron chi connectivity index (χ3n) is 6.44. The van der Waals surface area contributed by atoms with Gasteiger partial charge in [-0.1, -0.05) is 22.9 Å². The molecule has 0 atom stereocenters. The van der Waals surface area contributed by atoms with E-state index >= 15 is 0 Å². The Morgan fingerprint density at radius 2 is 1.97 bits per heavy atom. The van der Waals surface area contributed by atoms with E-state index in [1.54, 1.807) is 23.1 Å². The summed E-state index contributed by atoms with van der Waals surface area (Å²) in [6, 6.07) is 9.53. The number of amides is 1. The van der Waals surface area contributed by atoms with Crippen LogP contribution in [0.4, 0.5) is 13.9 Å². The van der Waals surface area contributed by atoms with Gasteiger partial charge in [0.1, 0.15) is 22.3 Å². The zero-order valence-corrected chi connectivity index (χ0v) is 22.0. The monoisotopic (exact) mass is 565 g/mol. The maximum atomic E-state index is 14.2. The molecule has 2 aromatic heterocycles. The molecular formula is C25H22ClF2N3O4S2. The Labute approximate surface area is 221 Å². The molecule has 4 aromatic rings. The molecule has 0 spiro atoms. The van der Waals surface area contributed by atoms with Crippen molar-refractivity contribution in [3.8, 4) is 0 Å². The van der Waals surface area contributed by atoms with E-state index in [4.69, 9.17) is 21.0 Å². The second-order valence-electron chi connectivity index (χ2n) is 8.77. The summed E-state index contributed by atoms with van der Waals surface area (Å²) < 4.78 is 60.9. The summed E-state index contributed by atoms with van der Waals surface area (Å²) in [4.78, 5) is 19.4. The van der Waals surface area contributed by atoms with Gasteiger partial charge in [-0.3, -0.25) is 9.69 Å². The van der Waals surface area contributed by atoms with Crippen molar-refractivity contribution >= 4 is 54.2 Å². The third kappa shape index (κ3) is 5.00. The van der Waals surface area contributed by atoms with Crippen LogP contribution in [0.2, 0.25) is 5.02 Å². The van der Waals surface area contributed by atoms with Gasteiger partial charge in [0.25, 0.3) is 0 Å². The predicted octanol–water partition coefficient (Wildman–Crippen LogP) is 5.76. The van der Waals surface area contributed by atoms with Crippen molar-refractivity contribution in [1.29, 1.82) is 0 Å². The number of fused-ring (bicyclic) bond motifs is 1. The average molecular weight is 566 g/mol. The van der Waals surface area contributed by atoms with Crippen LogP contribution in [-0.4, -0.2) is 36.7 Å². The van der Waals surface area contributed by atoms with Crippen LogP contribution in [0.25, 0.3) is 10.2 Å². The summed E-state index contributed by atoms with van der Waals surface area (Å²) in [6.07, 6.45) is 2.01. The number of carbonyl (C=O) groups excluding carboxylic acids is 1. The topological polar surface area (TPSA) is 83.7 Å². The van der Waals surface area contributed by atoms with E-state index in [2.05, 4.69) is 0 Å². The highest BCUT2D eigenvalue weighted by Gasteiger charge is 2.36. The van der Waals surface area contributed by atoms with E-state index in [9.17, 15) is 22.0 Å². The summed E-state index contributed by atoms with van der Waals surface area (Å²) in [5.74, 6) is -2.10. The molecule has 194 valence electrons. The van der Waals surface area contributed by atoms with Gasteiger partial charge in [-0.05, 0) is 61.7 Å². The van der Waals surface area contributed by atoms with Crippen molar-refractivity contribution in [3.05, 3.63) is 76.7 Å². The number of sulfonamides is 1. The van der Waals surface area contributed by atoms with Crippen LogP contribution in [0, 0.1) is 24.5 Å². The minimum absolute atomic E-state index is 0.0265. The molecule has 3 heterocycles. The highest BCUT2D eigenvalue weighted by Crippen LogP contribution is 2.36. The van der Waals surface area contributed by atoms with Crippen molar-refractivity contribution in [2.45, 2.75) is 31.2 Å². The lowest BCUT2D eigenvalue weighted by Crippen LogP contribution is -2.44. The summed E-state index contributed by atoms with van der Waals surface area (Å²) in [5.41, 5.74) is 1.53. The quantitative estimate of drug-likeness (QED) is 0.297. The summed E-state index contributed by atoms with van der Waals surface area (Å²) in [6.45, 7) is 2.09. The second-order valence-corrected chi connectivity index (χ2v) is 12.1. The zero-order chi connectivity index (χ0) is 26.3. The molecule has 1 amide bonds. The maximum Gasteiger partial charge on any atom is 0.245 e. The van der Waals surface area contributed by atoms with E-state index in [0.717, 1.165) is 26.7 Å². The Morgan fingerprint density at radius 1 is 1.22 bits per heavy atom. The van der Waals surface area contributed by atoms with Gasteiger partial charge in [-0.2, -0.15) is 4.31 Å². The van der Waals surface area contributed by atoms with Crippen molar-refractivity contribution in [2.75, 3.05) is 18.0 Å². The number of hydrogen-bond acceptors (Lipinski definition) is 6. The van der Waals surface area contributed by atoms with Crippen LogP contribution >= 0.6 is 22.9 Å². The molecule has 0 N–H and O–H groups in total. The number of halogens is 3. The number of anilines is 1. The molecule has 7 nitrogen and oxygen atoms in total. The molecule has 0 radical (unpaired) electrons. The molecule has 0 bridgehead atoms. The molecule has 5 rings (SSSR count). The summed E-state index contributed by atoms with van der Waals surface area (Å²) in [7, 11) is -4.17. The highest BCUT2D eigenvalue weighted by atomic mass is 35.5. The first-order chi connectivity index (χ1) is 17.6. The number of rotatable bonds is 6. The first kappa shape index (κ1) is 25.8. The fraction of sp³-hybridized carbons (Fsp3) is 0.280. The van der Waals surface area contributed by atoms with E-state index in [0.29, 0.717) is 27.5 Å². The summed E-state index contributed by atoms with van der Waals surface area (Å²) in [5, 5.41) is 1.07. The minimum Gasteiger partial charge on any atom is -0.467 e. The Hall–Kier alpha value is -2.86. The second kappa shape index (κ2) is 10.1. The Bertz CT molecular complexity index is 1570. The SMILES string of the molecule is Cc1c(Cl)ccc2sc(N(Cc3ccco3)C(=O)C3CCN(S(=O)(=O)c4ccc(F)cc4F)CC3)nc12. The van der Waals surface area contributed by atoms with Gasteiger partial charge in [0, 0.05) is 30.1 Å². The third-order valence-corrected chi connectivity index (χ3v) is 9.83. The van der Waals surface area contributed by atoms with Crippen molar-refractivity contribution < 1.29 is 26.4 Å². The number of benzene rings is 2. The first-order valence-corrected chi connectivity index (χ1v) is 14.1. The van der Waals surface area contributed by atoms with Crippen LogP contribution in [0.1, 0.15) is 24.2 Å². The molecule has 0 aliphatic carbocycles. The van der Waals surface area contributed by atoms with E-state index in [1.807, 2.05) is 13.0 Å². The Kier molecular flexibility index (Phi) is 7.06. The number of nitrogens with zero attached hydrogens (tertiary/aromatic N) is 3. The van der Waals surface area contributed by atoms with E-state index < -0.39 is 32.5 Å². The van der Waals surface area contributed by atoms with Gasteiger partial charge >= 0.3 is 0 Å². The number of furan rings is 1. The maximum absolute atomic E-state index is 14.2. The number of hydrogen-bond donors (Lipinski definition) is 0. The Morgan fingerprint density at radius 3 is 2.65 bits per heavy atom. The van der Waals surface area contributed by atoms with E-state index in [1.165, 1.54) is 17.6 Å². The van der Waals surface area contributed by atoms with Crippen LogP contribution in [0.3, 0.4) is 0 Å². The van der Waals surface area contributed by atoms with Crippen LogP contribution in [-0.2, 0) is 21.4 Å². The van der Waals surface area contributed by atoms with Gasteiger partial charge in [-0.15, -0.1) is 0 Å². The number of thiazole rings is 1. The molecule has 0 unspecified atom stereocenters. The molecule has 1 aliphatic heterocycles. The molecule has 0 saturated carbocycles. The van der Waals surface area contributed by atoms with Crippen LogP contribution < -0.4 is 4.90 Å². The fourth-order valence-electron chi connectivity index (χ4n) is 4.39. The first-order valence-electron chi connectivity index (χ1n) is 11.5. The van der Waals surface area contributed by atoms with Crippen LogP contribution in [0.5, 0.6) is 0 Å². The van der Waals surface area contributed by atoms with Crippen molar-refractivity contribution in [2.24, 2.45) is 5.92 Å². The minimum atomic E-state index is -4.17. The van der Waals surface area contributed by atoms with Crippen molar-refractivity contribution in [3.63, 3.8) is 0 Å². The van der Waals surface area contributed by atoms with Gasteiger partial charge < -0.3 is 4.42 Å². The lowest BCUT2D eigenvalue weighted by Gasteiger charge is -2.32. The lowest BCUT2D eigenvalue weighted by atomic mass is 9.96. The molecule has 1 fully saturated rings. The molecule has 12 heteroatoms. The number of aromatic nitrogens is 1. The molecular weight excluding hydrogens is 544 g/mol. The standard InChI is InChI=1S/C25H22ClF2N3O4S2/c1-15-19(26)5-6-21-23(15)29-25(36-21)31(14-18-3-2-12-35-18)24(32)16-8-10-30(11-9-16)37(33,34)22-7-4-17(27)13-20(22)28/h2-7,12-13,16H,8-11,14H2,1H3. The molecule has 1 aliphatic rings. The fourth-order valence-corrected chi connectivity index (χ4v) is 7.09. The normalized spacial score (nSPS) is 15.4. The van der Waals surface area contributed by atoms with Gasteiger partial charge in [0.15, 0.2) is 5.13 Å². The van der Waals surface area contributed by atoms with Gasteiger partial charge in [-0.25, -0.2) is 22.2 Å². The largest absolute Gasteiger partial charge is 0.467 e. The number of carbonyl (C=O) groups is 1. The number of aryl methyl sites for hydroxylation is 1. The molecule has 1 saturated heterocycles. The average Bonchev–Trinajstić information content (AvgIpc) is 3.54. The van der Waals surface area contributed by atoms with Gasteiger partial charge in [0.05, 0.1) is 23.0 Å². The van der Waals surface area contributed by atoms with E-state index in [-0.39, 0.29) is 38.4 Å². The molecule has 2 aromatic carbocycles. The van der Waals surface area contributed by atoms with Gasteiger partial charge in [0.2, 0.25) is 15.9 Å². The highest BCUT2D eigenvalue weighted by molar-refractivity contribution is 7.89. The van der Waals surface area contributed by atoms with Crippen LogP contribution in [0.15, 0.2) is 58.0 Å². The lowest BCUT2D eigenvalue weighted by molar-refractivity contribution is -0.123. The summed E-state index contributed by atoms with van der Waals surface area (Å²) >= 11 is 7.62. The number of piperidine rings is 1. The van der Waals surface area contributed by atoms with Crippen molar-refractivity contribution in [1.82, 2.24) is 9.29 Å².